The molecule has 2 aliphatic rings. The fourth-order valence-corrected chi connectivity index (χ4v) is 7.07. The van der Waals surface area contributed by atoms with Crippen molar-refractivity contribution in [3.63, 3.8) is 0 Å². The van der Waals surface area contributed by atoms with Gasteiger partial charge < -0.3 is 10.2 Å². The smallest absolute Gasteiger partial charge is 0.234 e. The number of rotatable bonds is 4. The maximum absolute atomic E-state index is 12.7. The Bertz CT molecular complexity index is 1150. The number of para-hydroxylation sites is 1. The molecule has 1 saturated heterocycles. The molecule has 164 valence electrons. The normalized spacial score (nSPS) is 21.7. The zero-order valence-corrected chi connectivity index (χ0v) is 19.8. The van der Waals surface area contributed by atoms with Gasteiger partial charge in [-0.3, -0.25) is 9.79 Å². The van der Waals surface area contributed by atoms with Gasteiger partial charge in [0.1, 0.15) is 0 Å². The number of amidine groups is 1. The minimum atomic E-state index is -3.11. The Morgan fingerprint density at radius 3 is 2.48 bits per heavy atom. The van der Waals surface area contributed by atoms with Gasteiger partial charge in [-0.25, -0.2) is 8.42 Å². The lowest BCUT2D eigenvalue weighted by molar-refractivity contribution is -0.113. The Morgan fingerprint density at radius 2 is 1.81 bits per heavy atom. The first-order chi connectivity index (χ1) is 14.6. The molecule has 0 aromatic heterocycles. The van der Waals surface area contributed by atoms with Crippen LogP contribution in [0.4, 0.5) is 11.4 Å². The Kier molecular flexibility index (Phi) is 5.87. The predicted octanol–water partition coefficient (Wildman–Crippen LogP) is 3.63. The first-order valence-corrected chi connectivity index (χ1v) is 13.1. The lowest BCUT2D eigenvalue weighted by Crippen LogP contribution is -2.39. The van der Waals surface area contributed by atoms with E-state index in [1.165, 1.54) is 11.8 Å². The second-order valence-corrected chi connectivity index (χ2v) is 11.5. The lowest BCUT2D eigenvalue weighted by atomic mass is 10.1. The van der Waals surface area contributed by atoms with Crippen molar-refractivity contribution in [2.75, 3.05) is 27.5 Å². The minimum absolute atomic E-state index is 0.0672. The number of sulfone groups is 1. The Morgan fingerprint density at radius 1 is 1.10 bits per heavy atom. The van der Waals surface area contributed by atoms with Crippen LogP contribution >= 0.6 is 11.8 Å². The molecule has 0 unspecified atom stereocenters. The van der Waals surface area contributed by atoms with Crippen LogP contribution < -0.4 is 10.2 Å². The van der Waals surface area contributed by atoms with Crippen LogP contribution in [0.3, 0.4) is 0 Å². The highest BCUT2D eigenvalue weighted by molar-refractivity contribution is 8.14. The van der Waals surface area contributed by atoms with Gasteiger partial charge in [0.2, 0.25) is 5.91 Å². The summed E-state index contributed by atoms with van der Waals surface area (Å²) in [4.78, 5) is 19.4. The highest BCUT2D eigenvalue weighted by Crippen LogP contribution is 2.36. The molecule has 31 heavy (non-hydrogen) atoms. The topological polar surface area (TPSA) is 78.8 Å². The highest BCUT2D eigenvalue weighted by atomic mass is 32.2. The number of aliphatic imine (C=N–C) groups is 1. The number of nitrogens with one attached hydrogen (secondary N) is 1. The van der Waals surface area contributed by atoms with Crippen molar-refractivity contribution in [3.05, 3.63) is 58.7 Å². The molecule has 0 spiro atoms. The van der Waals surface area contributed by atoms with E-state index in [-0.39, 0.29) is 35.2 Å². The molecule has 2 aromatic carbocycles. The maximum atomic E-state index is 12.7. The van der Waals surface area contributed by atoms with E-state index in [9.17, 15) is 13.2 Å². The van der Waals surface area contributed by atoms with E-state index in [4.69, 9.17) is 4.99 Å². The van der Waals surface area contributed by atoms with Gasteiger partial charge in [0, 0.05) is 11.4 Å². The number of hydrogen-bond donors (Lipinski definition) is 1. The summed E-state index contributed by atoms with van der Waals surface area (Å²) in [7, 11) is -3.11. The van der Waals surface area contributed by atoms with Crippen molar-refractivity contribution in [1.29, 1.82) is 0 Å². The van der Waals surface area contributed by atoms with Crippen molar-refractivity contribution >= 4 is 44.0 Å². The Labute approximate surface area is 188 Å². The van der Waals surface area contributed by atoms with Crippen LogP contribution in [-0.4, -0.2) is 48.8 Å². The lowest BCUT2D eigenvalue weighted by Gasteiger charge is -2.28. The van der Waals surface area contributed by atoms with E-state index in [0.717, 1.165) is 33.6 Å². The largest absolute Gasteiger partial charge is 0.325 e. The number of amides is 1. The molecule has 2 heterocycles. The number of fused-ring (bicyclic) bond motifs is 1. The van der Waals surface area contributed by atoms with Crippen molar-refractivity contribution in [1.82, 2.24) is 0 Å². The summed E-state index contributed by atoms with van der Waals surface area (Å²) in [6.45, 7) is 8.00. The quantitative estimate of drug-likeness (QED) is 0.758. The standard InChI is InChI=1S/C23H27N3O3S2/c1-14-8-9-19(17(4)10-14)26-20-13-31(28,29)12-18(20)24-23(26)30-11-21(27)25-22-15(2)6-5-7-16(22)3/h5-10,18,20H,11-13H2,1-4H3,(H,25,27)/t18-,20+/m0/s1. The molecule has 2 aromatic rings. The van der Waals surface area contributed by atoms with Crippen molar-refractivity contribution in [2.24, 2.45) is 4.99 Å². The first-order valence-electron chi connectivity index (χ1n) is 10.3. The summed E-state index contributed by atoms with van der Waals surface area (Å²) in [5.41, 5.74) is 6.06. The highest BCUT2D eigenvalue weighted by Gasteiger charge is 2.47. The van der Waals surface area contributed by atoms with Gasteiger partial charge in [-0.15, -0.1) is 0 Å². The number of nitrogens with zero attached hydrogens (tertiary/aromatic N) is 2. The molecule has 4 rings (SSSR count). The molecule has 1 N–H and O–H groups in total. The molecule has 6 nitrogen and oxygen atoms in total. The van der Waals surface area contributed by atoms with Crippen molar-refractivity contribution in [3.8, 4) is 0 Å². The zero-order valence-electron chi connectivity index (χ0n) is 18.2. The summed E-state index contributed by atoms with van der Waals surface area (Å²) in [5.74, 6) is 0.265. The maximum Gasteiger partial charge on any atom is 0.234 e. The van der Waals surface area contributed by atoms with Crippen LogP contribution in [0.1, 0.15) is 22.3 Å². The molecule has 0 saturated carbocycles. The fourth-order valence-electron chi connectivity index (χ4n) is 4.31. The molecule has 0 bridgehead atoms. The van der Waals surface area contributed by atoms with Gasteiger partial charge in [0.05, 0.1) is 29.3 Å². The third-order valence-electron chi connectivity index (χ3n) is 5.80. The number of benzene rings is 2. The summed E-state index contributed by atoms with van der Waals surface area (Å²) in [6.07, 6.45) is 0. The number of anilines is 2. The van der Waals surface area contributed by atoms with Gasteiger partial charge in [-0.1, -0.05) is 47.7 Å². The second-order valence-electron chi connectivity index (χ2n) is 8.39. The average Bonchev–Trinajstić information content (AvgIpc) is 3.15. The first kappa shape index (κ1) is 21.9. The van der Waals surface area contributed by atoms with Gasteiger partial charge in [-0.05, 0) is 50.5 Å². The van der Waals surface area contributed by atoms with Gasteiger partial charge in [0.25, 0.3) is 0 Å². The molecule has 0 aliphatic carbocycles. The van der Waals surface area contributed by atoms with Crippen LogP contribution in [0, 0.1) is 27.7 Å². The molecule has 1 fully saturated rings. The molecule has 1 amide bonds. The van der Waals surface area contributed by atoms with E-state index >= 15 is 0 Å². The van der Waals surface area contributed by atoms with Gasteiger partial charge in [0.15, 0.2) is 15.0 Å². The van der Waals surface area contributed by atoms with Gasteiger partial charge >= 0.3 is 0 Å². The monoisotopic (exact) mass is 457 g/mol. The molecule has 2 atom stereocenters. The van der Waals surface area contributed by atoms with E-state index in [1.807, 2.05) is 62.9 Å². The van der Waals surface area contributed by atoms with Crippen LogP contribution in [0.15, 0.2) is 41.4 Å². The van der Waals surface area contributed by atoms with E-state index in [0.29, 0.717) is 5.17 Å². The molecule has 8 heteroatoms. The number of aryl methyl sites for hydroxylation is 4. The Hall–Kier alpha value is -2.32. The molecule has 0 radical (unpaired) electrons. The number of hydrogen-bond acceptors (Lipinski definition) is 6. The van der Waals surface area contributed by atoms with Crippen molar-refractivity contribution < 1.29 is 13.2 Å². The number of carbonyl (C=O) groups excluding carboxylic acids is 1. The zero-order chi connectivity index (χ0) is 22.3. The van der Waals surface area contributed by atoms with Gasteiger partial charge in [-0.2, -0.15) is 0 Å². The van der Waals surface area contributed by atoms with Crippen LogP contribution in [-0.2, 0) is 14.6 Å². The summed E-state index contributed by atoms with van der Waals surface area (Å²) in [6, 6.07) is 11.5. The van der Waals surface area contributed by atoms with Crippen molar-refractivity contribution in [2.45, 2.75) is 39.8 Å². The molecule has 2 aliphatic heterocycles. The third kappa shape index (κ3) is 4.50. The van der Waals surface area contributed by atoms with E-state index in [1.54, 1.807) is 0 Å². The third-order valence-corrected chi connectivity index (χ3v) is 8.46. The second kappa shape index (κ2) is 8.31. The van der Waals surface area contributed by atoms with Crippen LogP contribution in [0.5, 0.6) is 0 Å². The SMILES string of the molecule is Cc1ccc(N2C(SCC(=O)Nc3c(C)cccc3C)=N[C@H]3CS(=O)(=O)C[C@H]32)c(C)c1. The van der Waals surface area contributed by atoms with Crippen LogP contribution in [0.25, 0.3) is 0 Å². The summed E-state index contributed by atoms with van der Waals surface area (Å²) in [5, 5.41) is 3.73. The Balaban J connectivity index is 1.55. The number of carbonyl (C=O) groups is 1. The number of thioether (sulfide) groups is 1. The minimum Gasteiger partial charge on any atom is -0.325 e. The van der Waals surface area contributed by atoms with Crippen LogP contribution in [0.2, 0.25) is 0 Å². The fraction of sp³-hybridized carbons (Fsp3) is 0.391. The van der Waals surface area contributed by atoms with E-state index in [2.05, 4.69) is 11.4 Å². The molecular formula is C23H27N3O3S2. The summed E-state index contributed by atoms with van der Waals surface area (Å²) < 4.78 is 24.5. The predicted molar refractivity (Wildman–Crippen MR) is 129 cm³/mol. The average molecular weight is 458 g/mol. The summed E-state index contributed by atoms with van der Waals surface area (Å²) >= 11 is 1.36. The van der Waals surface area contributed by atoms with E-state index < -0.39 is 9.84 Å². The molecular weight excluding hydrogens is 430 g/mol.